The van der Waals surface area contributed by atoms with Crippen LogP contribution in [0.2, 0.25) is 0 Å². The van der Waals surface area contributed by atoms with Crippen LogP contribution in [0.25, 0.3) is 0 Å². The minimum absolute atomic E-state index is 0.0470. The van der Waals surface area contributed by atoms with E-state index in [4.69, 9.17) is 25.8 Å². The van der Waals surface area contributed by atoms with Gasteiger partial charge in [-0.2, -0.15) is 0 Å². The zero-order chi connectivity index (χ0) is 17.4. The number of carbonyl (C=O) groups is 1. The summed E-state index contributed by atoms with van der Waals surface area (Å²) in [6.07, 6.45) is 0. The molecule has 0 aliphatic carbocycles. The van der Waals surface area contributed by atoms with E-state index in [1.165, 1.54) is 18.2 Å². The summed E-state index contributed by atoms with van der Waals surface area (Å²) in [7, 11) is -3.51. The molecule has 4 rings (SSSR count). The number of nitrogens with zero attached hydrogens (tertiary/aromatic N) is 1. The van der Waals surface area contributed by atoms with E-state index < -0.39 is 24.1 Å². The number of nitro benzene ring substituents is 1. The van der Waals surface area contributed by atoms with Crippen LogP contribution in [0, 0.1) is 15.5 Å². The van der Waals surface area contributed by atoms with E-state index >= 15 is 0 Å². The third-order valence-electron chi connectivity index (χ3n) is 3.52. The Labute approximate surface area is 141 Å². The van der Waals surface area contributed by atoms with Gasteiger partial charge in [0.2, 0.25) is 5.91 Å². The smallest absolute Gasteiger partial charge is 0.332 e. The fourth-order valence-electron chi connectivity index (χ4n) is 2.14. The summed E-state index contributed by atoms with van der Waals surface area (Å²) in [6.45, 7) is -0.305. The van der Waals surface area contributed by atoms with Crippen LogP contribution in [0.15, 0.2) is 24.3 Å². The van der Waals surface area contributed by atoms with Gasteiger partial charge in [0.15, 0.2) is 5.11 Å². The Kier molecular flexibility index (Phi) is 4.37. The van der Waals surface area contributed by atoms with E-state index in [0.717, 1.165) is 0 Å². The van der Waals surface area contributed by atoms with Crippen molar-refractivity contribution in [1.82, 2.24) is 5.32 Å². The first kappa shape index (κ1) is 16.9. The summed E-state index contributed by atoms with van der Waals surface area (Å²) < 4.78 is 26.5. The van der Waals surface area contributed by atoms with Crippen LogP contribution in [-0.4, -0.2) is 35.8 Å². The van der Waals surface area contributed by atoms with Crippen molar-refractivity contribution in [3.8, 4) is 0 Å². The van der Waals surface area contributed by atoms with E-state index in [9.17, 15) is 19.5 Å². The van der Waals surface area contributed by atoms with Crippen LogP contribution in [0.1, 0.15) is 0 Å². The van der Waals surface area contributed by atoms with E-state index in [2.05, 4.69) is 10.6 Å². The summed E-state index contributed by atoms with van der Waals surface area (Å²) in [5.74, 6) is -0.517. The first-order valence-electron chi connectivity index (χ1n) is 6.73. The van der Waals surface area contributed by atoms with Gasteiger partial charge in [0.1, 0.15) is 5.41 Å². The lowest BCUT2D eigenvalue weighted by molar-refractivity contribution is -0.384. The van der Waals surface area contributed by atoms with E-state index in [1.54, 1.807) is 6.07 Å². The quantitative estimate of drug-likeness (QED) is 0.351. The van der Waals surface area contributed by atoms with Crippen LogP contribution >= 0.6 is 20.0 Å². The average molecular weight is 373 g/mol. The van der Waals surface area contributed by atoms with Gasteiger partial charge < -0.3 is 10.6 Å². The molecule has 0 spiro atoms. The minimum Gasteiger partial charge on any atom is -0.332 e. The van der Waals surface area contributed by atoms with Gasteiger partial charge in [0, 0.05) is 17.8 Å². The molecule has 1 aromatic rings. The Morgan fingerprint density at radius 2 is 1.92 bits per heavy atom. The number of non-ortho nitro benzene ring substituents is 1. The van der Waals surface area contributed by atoms with Gasteiger partial charge >= 0.3 is 7.82 Å². The van der Waals surface area contributed by atoms with Crippen LogP contribution in [0.5, 0.6) is 0 Å². The lowest BCUT2D eigenvalue weighted by atomic mass is 9.90. The lowest BCUT2D eigenvalue weighted by Gasteiger charge is -2.42. The molecule has 3 aliphatic heterocycles. The largest absolute Gasteiger partial charge is 0.474 e. The Morgan fingerprint density at radius 3 is 2.50 bits per heavy atom. The molecule has 2 bridgehead atoms. The van der Waals surface area contributed by atoms with Gasteiger partial charge in [-0.25, -0.2) is 4.57 Å². The molecule has 2 N–H and O–H groups in total. The number of hydrogen-bond donors (Lipinski definition) is 2. The van der Waals surface area contributed by atoms with Gasteiger partial charge in [0.05, 0.1) is 24.7 Å². The van der Waals surface area contributed by atoms with Crippen molar-refractivity contribution in [2.75, 3.05) is 25.1 Å². The van der Waals surface area contributed by atoms with Crippen molar-refractivity contribution in [1.29, 1.82) is 0 Å². The standard InChI is InChI=1S/C12H12N3O7PS/c16-10(12-5-20-23(19,21-6-12)22-7-12)14-11(24)13-8-2-1-3-9(4-8)15(17)18/h1-4H,5-7H2,(H2,13,14,16,24). The normalized spacial score (nSPS) is 28.2. The first-order valence-corrected chi connectivity index (χ1v) is 8.59. The molecule has 0 radical (unpaired) electrons. The minimum atomic E-state index is -3.51. The summed E-state index contributed by atoms with van der Waals surface area (Å²) in [5, 5.41) is 15.8. The molecule has 1 aromatic carbocycles. The second-order valence-electron chi connectivity index (χ2n) is 5.26. The summed E-state index contributed by atoms with van der Waals surface area (Å²) >= 11 is 5.03. The van der Waals surface area contributed by atoms with E-state index in [0.29, 0.717) is 5.69 Å². The number of carbonyl (C=O) groups excluding carboxylic acids is 1. The predicted octanol–water partition coefficient (Wildman–Crippen LogP) is 1.58. The molecular weight excluding hydrogens is 361 g/mol. The fourth-order valence-corrected chi connectivity index (χ4v) is 3.79. The number of thiocarbonyl (C=S) groups is 1. The van der Waals surface area contributed by atoms with Crippen molar-refractivity contribution in [3.63, 3.8) is 0 Å². The molecule has 3 aliphatic rings. The number of benzene rings is 1. The monoisotopic (exact) mass is 373 g/mol. The Bertz CT molecular complexity index is 739. The molecule has 10 nitrogen and oxygen atoms in total. The molecule has 3 heterocycles. The molecule has 3 fully saturated rings. The third kappa shape index (κ3) is 3.30. The Hall–Kier alpha value is -1.91. The highest BCUT2D eigenvalue weighted by atomic mass is 32.1. The zero-order valence-electron chi connectivity index (χ0n) is 12.1. The van der Waals surface area contributed by atoms with Crippen LogP contribution in [-0.2, 0) is 22.9 Å². The summed E-state index contributed by atoms with van der Waals surface area (Å²) in [5.41, 5.74) is -0.897. The van der Waals surface area contributed by atoms with E-state index in [1.807, 2.05) is 0 Å². The zero-order valence-corrected chi connectivity index (χ0v) is 13.8. The number of nitro groups is 1. The number of nitrogens with one attached hydrogen (secondary N) is 2. The Morgan fingerprint density at radius 1 is 1.29 bits per heavy atom. The number of amides is 1. The number of hydrogen-bond acceptors (Lipinski definition) is 8. The maximum absolute atomic E-state index is 12.4. The average Bonchev–Trinajstić information content (AvgIpc) is 2.56. The van der Waals surface area contributed by atoms with Gasteiger partial charge in [-0.05, 0) is 18.3 Å². The number of phosphoric ester groups is 1. The Balaban J connectivity index is 1.63. The summed E-state index contributed by atoms with van der Waals surface area (Å²) in [6, 6.07) is 5.67. The molecule has 3 saturated heterocycles. The second kappa shape index (κ2) is 6.19. The maximum atomic E-state index is 12.4. The highest BCUT2D eigenvalue weighted by Gasteiger charge is 2.55. The maximum Gasteiger partial charge on any atom is 0.474 e. The molecule has 12 heteroatoms. The van der Waals surface area contributed by atoms with Gasteiger partial charge in [-0.3, -0.25) is 28.5 Å². The molecule has 1 amide bonds. The van der Waals surface area contributed by atoms with Gasteiger partial charge in [-0.15, -0.1) is 0 Å². The molecular formula is C12H12N3O7PS. The fraction of sp³-hybridized carbons (Fsp3) is 0.333. The second-order valence-corrected chi connectivity index (χ2v) is 7.34. The lowest BCUT2D eigenvalue weighted by Crippen LogP contribution is -2.56. The number of rotatable bonds is 3. The highest BCUT2D eigenvalue weighted by Crippen LogP contribution is 2.59. The SMILES string of the molecule is O=C(NC(=S)Nc1cccc([N+](=O)[O-])c1)C12COP(=O)(OC1)OC2. The summed E-state index contributed by atoms with van der Waals surface area (Å²) in [4.78, 5) is 22.6. The molecule has 24 heavy (non-hydrogen) atoms. The molecule has 0 saturated carbocycles. The number of anilines is 1. The van der Waals surface area contributed by atoms with Crippen LogP contribution in [0.4, 0.5) is 11.4 Å². The topological polar surface area (TPSA) is 129 Å². The van der Waals surface area contributed by atoms with Crippen molar-refractivity contribution in [3.05, 3.63) is 34.4 Å². The van der Waals surface area contributed by atoms with Crippen molar-refractivity contribution >= 4 is 42.4 Å². The van der Waals surface area contributed by atoms with Crippen molar-refractivity contribution in [2.24, 2.45) is 5.41 Å². The predicted molar refractivity (Wildman–Crippen MR) is 85.4 cm³/mol. The highest BCUT2D eigenvalue weighted by molar-refractivity contribution is 7.80. The van der Waals surface area contributed by atoms with Gasteiger partial charge in [-0.1, -0.05) is 6.07 Å². The van der Waals surface area contributed by atoms with Crippen molar-refractivity contribution < 1.29 is 27.9 Å². The number of phosphoric acid groups is 1. The molecule has 128 valence electrons. The van der Waals surface area contributed by atoms with Crippen LogP contribution < -0.4 is 10.6 Å². The molecule has 0 unspecified atom stereocenters. The number of fused-ring (bicyclic) bond motifs is 3. The van der Waals surface area contributed by atoms with Crippen LogP contribution in [0.3, 0.4) is 0 Å². The van der Waals surface area contributed by atoms with Gasteiger partial charge in [0.25, 0.3) is 5.69 Å². The molecule has 0 aromatic heterocycles. The molecule has 0 atom stereocenters. The van der Waals surface area contributed by atoms with Crippen molar-refractivity contribution in [2.45, 2.75) is 0 Å². The first-order chi connectivity index (χ1) is 11.3. The third-order valence-corrected chi connectivity index (χ3v) is 5.06. The van der Waals surface area contributed by atoms with E-state index in [-0.39, 0.29) is 30.6 Å².